The summed E-state index contributed by atoms with van der Waals surface area (Å²) in [7, 11) is -3.12. The van der Waals surface area contributed by atoms with Gasteiger partial charge in [0.2, 0.25) is 15.9 Å². The van der Waals surface area contributed by atoms with Crippen molar-refractivity contribution in [2.45, 2.75) is 25.7 Å². The smallest absolute Gasteiger partial charge is 0.220 e. The first-order chi connectivity index (χ1) is 10.4. The fraction of sp³-hybridized carbons (Fsp3) is 0.562. The van der Waals surface area contributed by atoms with Crippen LogP contribution in [-0.4, -0.2) is 44.5 Å². The number of nitrogens with one attached hydrogen (secondary N) is 1. The Morgan fingerprint density at radius 2 is 2.05 bits per heavy atom. The van der Waals surface area contributed by atoms with Crippen LogP contribution in [0.1, 0.15) is 24.8 Å². The predicted octanol–water partition coefficient (Wildman–Crippen LogP) is 1.41. The summed E-state index contributed by atoms with van der Waals surface area (Å²) >= 11 is 0. The molecule has 6 heteroatoms. The predicted molar refractivity (Wildman–Crippen MR) is 86.9 cm³/mol. The van der Waals surface area contributed by atoms with Crippen molar-refractivity contribution < 1.29 is 13.2 Å². The summed E-state index contributed by atoms with van der Waals surface area (Å²) in [6.45, 7) is 1.66. The van der Waals surface area contributed by atoms with Crippen LogP contribution in [0.5, 0.6) is 0 Å². The minimum Gasteiger partial charge on any atom is -0.356 e. The molecular formula is C16H24N2O3S. The second-order valence-electron chi connectivity index (χ2n) is 5.92. The number of aryl methyl sites for hydroxylation is 1. The van der Waals surface area contributed by atoms with Gasteiger partial charge in [-0.1, -0.05) is 30.3 Å². The summed E-state index contributed by atoms with van der Waals surface area (Å²) in [6, 6.07) is 10.2. The van der Waals surface area contributed by atoms with Gasteiger partial charge in [0.25, 0.3) is 0 Å². The van der Waals surface area contributed by atoms with Crippen LogP contribution in [0, 0.1) is 5.92 Å². The van der Waals surface area contributed by atoms with E-state index in [0.29, 0.717) is 26.1 Å². The number of hydrogen-bond donors (Lipinski definition) is 1. The number of carbonyl (C=O) groups is 1. The third-order valence-electron chi connectivity index (χ3n) is 4.00. The molecule has 0 radical (unpaired) electrons. The van der Waals surface area contributed by atoms with E-state index in [4.69, 9.17) is 0 Å². The highest BCUT2D eigenvalue weighted by atomic mass is 32.2. The van der Waals surface area contributed by atoms with Crippen LogP contribution in [0.15, 0.2) is 30.3 Å². The number of benzene rings is 1. The molecule has 1 atom stereocenters. The topological polar surface area (TPSA) is 66.5 Å². The standard InChI is InChI=1S/C16H24N2O3S/c1-22(20,21)18-11-9-15(13-18)12-16(19)17-10-5-8-14-6-3-2-4-7-14/h2-4,6-7,15H,5,8-13H2,1H3,(H,17,19)/t15-/m1/s1. The molecule has 1 fully saturated rings. The van der Waals surface area contributed by atoms with Gasteiger partial charge in [-0.25, -0.2) is 12.7 Å². The summed E-state index contributed by atoms with van der Waals surface area (Å²) in [6.07, 6.45) is 4.27. The van der Waals surface area contributed by atoms with Gasteiger partial charge in [0.15, 0.2) is 0 Å². The lowest BCUT2D eigenvalue weighted by Crippen LogP contribution is -2.30. The van der Waals surface area contributed by atoms with Crippen LogP contribution in [0.25, 0.3) is 0 Å². The molecule has 0 aliphatic carbocycles. The fourth-order valence-electron chi connectivity index (χ4n) is 2.76. The molecule has 0 bridgehead atoms. The number of rotatable bonds is 7. The lowest BCUT2D eigenvalue weighted by atomic mass is 10.0. The van der Waals surface area contributed by atoms with Crippen LogP contribution < -0.4 is 5.32 Å². The molecule has 2 rings (SSSR count). The molecule has 1 aliphatic rings. The Morgan fingerprint density at radius 3 is 2.68 bits per heavy atom. The van der Waals surface area contributed by atoms with Crippen LogP contribution in [0.3, 0.4) is 0 Å². The van der Waals surface area contributed by atoms with Crippen molar-refractivity contribution in [3.8, 4) is 0 Å². The van der Waals surface area contributed by atoms with E-state index >= 15 is 0 Å². The lowest BCUT2D eigenvalue weighted by molar-refractivity contribution is -0.121. The molecule has 1 amide bonds. The Labute approximate surface area is 132 Å². The zero-order valence-electron chi connectivity index (χ0n) is 13.0. The second-order valence-corrected chi connectivity index (χ2v) is 7.90. The first kappa shape index (κ1) is 17.0. The molecule has 0 spiro atoms. The van der Waals surface area contributed by atoms with Gasteiger partial charge in [0.05, 0.1) is 6.26 Å². The Balaban J connectivity index is 1.62. The molecule has 0 unspecified atom stereocenters. The Bertz CT molecular complexity index is 587. The molecule has 1 aromatic carbocycles. The third kappa shape index (κ3) is 5.42. The van der Waals surface area contributed by atoms with Gasteiger partial charge in [-0.15, -0.1) is 0 Å². The molecule has 1 saturated heterocycles. The van der Waals surface area contributed by atoms with Crippen molar-refractivity contribution in [1.29, 1.82) is 0 Å². The number of nitrogens with zero attached hydrogens (tertiary/aromatic N) is 1. The van der Waals surface area contributed by atoms with Crippen LogP contribution in [-0.2, 0) is 21.2 Å². The largest absolute Gasteiger partial charge is 0.356 e. The van der Waals surface area contributed by atoms with Crippen LogP contribution >= 0.6 is 0 Å². The number of sulfonamides is 1. The van der Waals surface area contributed by atoms with E-state index in [0.717, 1.165) is 19.3 Å². The number of hydrogen-bond acceptors (Lipinski definition) is 3. The van der Waals surface area contributed by atoms with Gasteiger partial charge in [-0.05, 0) is 30.7 Å². The monoisotopic (exact) mass is 324 g/mol. The van der Waals surface area contributed by atoms with E-state index in [9.17, 15) is 13.2 Å². The van der Waals surface area contributed by atoms with Crippen LogP contribution in [0.2, 0.25) is 0 Å². The maximum Gasteiger partial charge on any atom is 0.220 e. The summed E-state index contributed by atoms with van der Waals surface area (Å²) in [5, 5.41) is 2.93. The SMILES string of the molecule is CS(=O)(=O)N1CC[C@H](CC(=O)NCCCc2ccccc2)C1. The zero-order valence-corrected chi connectivity index (χ0v) is 13.8. The van der Waals surface area contributed by atoms with Crippen molar-refractivity contribution in [2.24, 2.45) is 5.92 Å². The van der Waals surface area contributed by atoms with E-state index in [-0.39, 0.29) is 11.8 Å². The van der Waals surface area contributed by atoms with Crippen LogP contribution in [0.4, 0.5) is 0 Å². The first-order valence-corrected chi connectivity index (χ1v) is 9.56. The molecule has 0 aromatic heterocycles. The highest BCUT2D eigenvalue weighted by molar-refractivity contribution is 7.88. The van der Waals surface area contributed by atoms with Gasteiger partial charge < -0.3 is 5.32 Å². The Morgan fingerprint density at radius 1 is 1.32 bits per heavy atom. The van der Waals surface area contributed by atoms with E-state index in [1.165, 1.54) is 16.1 Å². The average molecular weight is 324 g/mol. The normalized spacial score (nSPS) is 19.2. The maximum absolute atomic E-state index is 11.9. The summed E-state index contributed by atoms with van der Waals surface area (Å²) in [5.74, 6) is 0.164. The van der Waals surface area contributed by atoms with Gasteiger partial charge in [-0.2, -0.15) is 0 Å². The molecule has 1 aromatic rings. The van der Waals surface area contributed by atoms with Crippen molar-refractivity contribution in [1.82, 2.24) is 9.62 Å². The van der Waals surface area contributed by atoms with Gasteiger partial charge in [-0.3, -0.25) is 4.79 Å². The molecular weight excluding hydrogens is 300 g/mol. The highest BCUT2D eigenvalue weighted by Crippen LogP contribution is 2.21. The first-order valence-electron chi connectivity index (χ1n) is 7.71. The Kier molecular flexibility index (Phi) is 5.97. The lowest BCUT2D eigenvalue weighted by Gasteiger charge is -2.13. The quantitative estimate of drug-likeness (QED) is 0.771. The molecule has 5 nitrogen and oxygen atoms in total. The molecule has 0 saturated carbocycles. The van der Waals surface area contributed by atoms with Crippen molar-refractivity contribution in [3.63, 3.8) is 0 Å². The molecule has 1 aliphatic heterocycles. The minimum absolute atomic E-state index is 0.0217. The van der Waals surface area contributed by atoms with Gasteiger partial charge in [0.1, 0.15) is 0 Å². The number of carbonyl (C=O) groups excluding carboxylic acids is 1. The molecule has 1 N–H and O–H groups in total. The highest BCUT2D eigenvalue weighted by Gasteiger charge is 2.29. The van der Waals surface area contributed by atoms with Crippen molar-refractivity contribution >= 4 is 15.9 Å². The second kappa shape index (κ2) is 7.74. The van der Waals surface area contributed by atoms with E-state index in [1.807, 2.05) is 18.2 Å². The summed E-state index contributed by atoms with van der Waals surface area (Å²) in [5.41, 5.74) is 1.27. The zero-order chi connectivity index (χ0) is 16.0. The van der Waals surface area contributed by atoms with Crippen molar-refractivity contribution in [2.75, 3.05) is 25.9 Å². The molecule has 1 heterocycles. The van der Waals surface area contributed by atoms with Gasteiger partial charge >= 0.3 is 0 Å². The summed E-state index contributed by atoms with van der Waals surface area (Å²) < 4.78 is 24.3. The molecule has 122 valence electrons. The minimum atomic E-state index is -3.12. The molecule has 22 heavy (non-hydrogen) atoms. The third-order valence-corrected chi connectivity index (χ3v) is 5.27. The summed E-state index contributed by atoms with van der Waals surface area (Å²) in [4.78, 5) is 11.9. The van der Waals surface area contributed by atoms with E-state index < -0.39 is 10.0 Å². The fourth-order valence-corrected chi connectivity index (χ4v) is 3.68. The number of amides is 1. The van der Waals surface area contributed by atoms with E-state index in [2.05, 4.69) is 17.4 Å². The van der Waals surface area contributed by atoms with E-state index in [1.54, 1.807) is 0 Å². The maximum atomic E-state index is 11.9. The van der Waals surface area contributed by atoms with Crippen molar-refractivity contribution in [3.05, 3.63) is 35.9 Å². The van der Waals surface area contributed by atoms with Gasteiger partial charge in [0, 0.05) is 26.1 Å². The Hall–Kier alpha value is -1.40. The average Bonchev–Trinajstić information content (AvgIpc) is 2.93.